The summed E-state index contributed by atoms with van der Waals surface area (Å²) in [6.45, 7) is 3.26. The van der Waals surface area contributed by atoms with Crippen LogP contribution in [0.3, 0.4) is 0 Å². The monoisotopic (exact) mass is 437 g/mol. The van der Waals surface area contributed by atoms with E-state index in [2.05, 4.69) is 27.4 Å². The van der Waals surface area contributed by atoms with Crippen LogP contribution in [0.4, 0.5) is 5.69 Å². The van der Waals surface area contributed by atoms with E-state index >= 15 is 0 Å². The van der Waals surface area contributed by atoms with Gasteiger partial charge in [-0.3, -0.25) is 9.59 Å². The minimum absolute atomic E-state index is 0.0506. The smallest absolute Gasteiger partial charge is 0.271 e. The molecule has 0 unspecified atom stereocenters. The number of nitrogens with zero attached hydrogens (tertiary/aromatic N) is 4. The van der Waals surface area contributed by atoms with Gasteiger partial charge in [-0.1, -0.05) is 41.9 Å². The molecule has 1 N–H and O–H groups in total. The zero-order valence-corrected chi connectivity index (χ0v) is 17.8. The summed E-state index contributed by atoms with van der Waals surface area (Å²) >= 11 is 6.18. The van der Waals surface area contributed by atoms with E-state index in [1.54, 1.807) is 23.0 Å². The Morgan fingerprint density at radius 3 is 2.39 bits per heavy atom. The first-order chi connectivity index (χ1) is 15.1. The highest BCUT2D eigenvalue weighted by Gasteiger charge is 2.21. The van der Waals surface area contributed by atoms with Crippen LogP contribution in [0, 0.1) is 0 Å². The standard InChI is InChI=1S/C23H24ClN5O2/c24-19-8-4-5-9-21(19)29-13-11-20(26-29)23(31)25-12-10-22(30)28-16-14-27(15-17-28)18-6-2-1-3-7-18/h1-9,11,13H,10,12,14-17H2,(H,25,31). The summed E-state index contributed by atoms with van der Waals surface area (Å²) in [5.41, 5.74) is 2.16. The molecule has 2 amide bonds. The molecule has 1 aromatic heterocycles. The largest absolute Gasteiger partial charge is 0.368 e. The predicted molar refractivity (Wildman–Crippen MR) is 121 cm³/mol. The second-order valence-corrected chi connectivity index (χ2v) is 7.71. The molecule has 0 saturated carbocycles. The Morgan fingerprint density at radius 1 is 0.935 bits per heavy atom. The molecule has 2 aromatic carbocycles. The van der Waals surface area contributed by atoms with Gasteiger partial charge in [0.05, 0.1) is 10.7 Å². The van der Waals surface area contributed by atoms with Gasteiger partial charge in [-0.05, 0) is 30.3 Å². The fourth-order valence-electron chi connectivity index (χ4n) is 3.60. The van der Waals surface area contributed by atoms with E-state index in [4.69, 9.17) is 11.6 Å². The Labute approximate surface area is 186 Å². The number of para-hydroxylation sites is 2. The maximum atomic E-state index is 12.5. The summed E-state index contributed by atoms with van der Waals surface area (Å²) in [4.78, 5) is 29.0. The molecule has 0 aliphatic carbocycles. The van der Waals surface area contributed by atoms with Crippen molar-refractivity contribution < 1.29 is 9.59 Å². The highest BCUT2D eigenvalue weighted by atomic mass is 35.5. The van der Waals surface area contributed by atoms with Crippen LogP contribution in [-0.2, 0) is 4.79 Å². The minimum Gasteiger partial charge on any atom is -0.368 e. The number of nitrogens with one attached hydrogen (secondary N) is 1. The molecule has 0 bridgehead atoms. The van der Waals surface area contributed by atoms with E-state index in [-0.39, 0.29) is 30.5 Å². The van der Waals surface area contributed by atoms with Gasteiger partial charge in [0, 0.05) is 51.0 Å². The molecule has 3 aromatic rings. The van der Waals surface area contributed by atoms with Crippen molar-refractivity contribution in [3.63, 3.8) is 0 Å². The highest BCUT2D eigenvalue weighted by Crippen LogP contribution is 2.19. The van der Waals surface area contributed by atoms with Gasteiger partial charge >= 0.3 is 0 Å². The van der Waals surface area contributed by atoms with Crippen LogP contribution >= 0.6 is 11.6 Å². The number of hydrogen-bond donors (Lipinski definition) is 1. The average Bonchev–Trinajstić information content (AvgIpc) is 3.30. The summed E-state index contributed by atoms with van der Waals surface area (Å²) in [5.74, 6) is -0.262. The van der Waals surface area contributed by atoms with E-state index in [1.807, 2.05) is 41.3 Å². The SMILES string of the molecule is O=C(NCCC(=O)N1CCN(c2ccccc2)CC1)c1ccn(-c2ccccc2Cl)n1. The molecule has 160 valence electrons. The molecule has 31 heavy (non-hydrogen) atoms. The number of amides is 2. The van der Waals surface area contributed by atoms with Crippen molar-refractivity contribution >= 4 is 29.1 Å². The van der Waals surface area contributed by atoms with Crippen molar-refractivity contribution in [2.24, 2.45) is 0 Å². The third kappa shape index (κ3) is 5.06. The van der Waals surface area contributed by atoms with E-state index in [9.17, 15) is 9.59 Å². The van der Waals surface area contributed by atoms with Crippen molar-refractivity contribution in [3.8, 4) is 5.69 Å². The Balaban J connectivity index is 1.23. The molecule has 1 aliphatic heterocycles. The maximum absolute atomic E-state index is 12.5. The number of benzene rings is 2. The Hall–Kier alpha value is -3.32. The molecule has 8 heteroatoms. The third-order valence-electron chi connectivity index (χ3n) is 5.30. The van der Waals surface area contributed by atoms with Gasteiger partial charge in [0.25, 0.3) is 5.91 Å². The van der Waals surface area contributed by atoms with Crippen LogP contribution in [0.1, 0.15) is 16.9 Å². The number of halogens is 1. The summed E-state index contributed by atoms with van der Waals surface area (Å²) in [6.07, 6.45) is 1.95. The molecule has 2 heterocycles. The predicted octanol–water partition coefficient (Wildman–Crippen LogP) is 2.99. The van der Waals surface area contributed by atoms with Crippen molar-refractivity contribution in [2.45, 2.75) is 6.42 Å². The van der Waals surface area contributed by atoms with Gasteiger partial charge in [-0.25, -0.2) is 4.68 Å². The molecule has 0 radical (unpaired) electrons. The van der Waals surface area contributed by atoms with Gasteiger partial charge < -0.3 is 15.1 Å². The number of rotatable bonds is 6. The Kier molecular flexibility index (Phi) is 6.52. The summed E-state index contributed by atoms with van der Waals surface area (Å²) in [7, 11) is 0. The number of piperazine rings is 1. The van der Waals surface area contributed by atoms with Crippen molar-refractivity contribution in [1.82, 2.24) is 20.0 Å². The number of hydrogen-bond acceptors (Lipinski definition) is 4. The van der Waals surface area contributed by atoms with E-state index in [1.165, 1.54) is 5.69 Å². The van der Waals surface area contributed by atoms with Gasteiger partial charge in [-0.15, -0.1) is 0 Å². The first-order valence-corrected chi connectivity index (χ1v) is 10.7. The first kappa shape index (κ1) is 20.9. The molecule has 1 fully saturated rings. The van der Waals surface area contributed by atoms with Crippen molar-refractivity contribution in [1.29, 1.82) is 0 Å². The maximum Gasteiger partial charge on any atom is 0.271 e. The van der Waals surface area contributed by atoms with Gasteiger partial charge in [0.15, 0.2) is 5.69 Å². The first-order valence-electron chi connectivity index (χ1n) is 10.3. The van der Waals surface area contributed by atoms with Crippen LogP contribution in [0.25, 0.3) is 5.69 Å². The van der Waals surface area contributed by atoms with Gasteiger partial charge in [0.1, 0.15) is 0 Å². The second kappa shape index (κ2) is 9.66. The van der Waals surface area contributed by atoms with Crippen LogP contribution in [0.2, 0.25) is 5.02 Å². The molecule has 7 nitrogen and oxygen atoms in total. The van der Waals surface area contributed by atoms with Gasteiger partial charge in [0.2, 0.25) is 5.91 Å². The molecular weight excluding hydrogens is 414 g/mol. The molecule has 0 atom stereocenters. The number of carbonyl (C=O) groups is 2. The third-order valence-corrected chi connectivity index (χ3v) is 5.62. The molecular formula is C23H24ClN5O2. The topological polar surface area (TPSA) is 70.5 Å². The number of anilines is 1. The van der Waals surface area contributed by atoms with E-state index in [0.717, 1.165) is 13.1 Å². The molecule has 1 aliphatic rings. The zero-order valence-electron chi connectivity index (χ0n) is 17.1. The normalized spacial score (nSPS) is 13.8. The lowest BCUT2D eigenvalue weighted by Crippen LogP contribution is -2.49. The minimum atomic E-state index is -0.312. The Morgan fingerprint density at radius 2 is 1.65 bits per heavy atom. The highest BCUT2D eigenvalue weighted by molar-refractivity contribution is 6.32. The van der Waals surface area contributed by atoms with Crippen LogP contribution in [-0.4, -0.2) is 59.2 Å². The van der Waals surface area contributed by atoms with Crippen LogP contribution < -0.4 is 10.2 Å². The molecule has 0 spiro atoms. The zero-order chi connectivity index (χ0) is 21.6. The molecule has 1 saturated heterocycles. The fraction of sp³-hybridized carbons (Fsp3) is 0.261. The quantitative estimate of drug-likeness (QED) is 0.643. The summed E-state index contributed by atoms with van der Waals surface area (Å²) in [5, 5.41) is 7.61. The number of carbonyl (C=O) groups excluding carboxylic acids is 2. The average molecular weight is 438 g/mol. The van der Waals surface area contributed by atoms with Crippen molar-refractivity contribution in [2.75, 3.05) is 37.6 Å². The number of aromatic nitrogens is 2. The van der Waals surface area contributed by atoms with E-state index in [0.29, 0.717) is 23.8 Å². The lowest BCUT2D eigenvalue weighted by atomic mass is 10.2. The fourth-order valence-corrected chi connectivity index (χ4v) is 3.82. The van der Waals surface area contributed by atoms with Crippen LogP contribution in [0.15, 0.2) is 66.9 Å². The lowest BCUT2D eigenvalue weighted by Gasteiger charge is -2.36. The van der Waals surface area contributed by atoms with Crippen molar-refractivity contribution in [3.05, 3.63) is 77.6 Å². The summed E-state index contributed by atoms with van der Waals surface area (Å²) < 4.78 is 1.56. The van der Waals surface area contributed by atoms with Gasteiger partial charge in [-0.2, -0.15) is 5.10 Å². The van der Waals surface area contributed by atoms with E-state index < -0.39 is 0 Å². The van der Waals surface area contributed by atoms with Crippen LogP contribution in [0.5, 0.6) is 0 Å². The lowest BCUT2D eigenvalue weighted by molar-refractivity contribution is -0.131. The second-order valence-electron chi connectivity index (χ2n) is 7.31. The Bertz CT molecular complexity index is 1040. The molecule has 4 rings (SSSR count). The summed E-state index contributed by atoms with van der Waals surface area (Å²) in [6, 6.07) is 19.1.